The molecule has 0 unspecified atom stereocenters. The van der Waals surface area contributed by atoms with E-state index in [1.54, 1.807) is 12.1 Å². The lowest BCUT2D eigenvalue weighted by Crippen LogP contribution is -2.25. The van der Waals surface area contributed by atoms with Gasteiger partial charge in [-0.15, -0.1) is 0 Å². The first-order valence-corrected chi connectivity index (χ1v) is 5.77. The van der Waals surface area contributed by atoms with E-state index in [1.807, 2.05) is 0 Å². The Morgan fingerprint density at radius 2 is 2.41 bits per heavy atom. The average molecular weight is 301 g/mol. The number of carbonyl (C=O) groups excluding carboxylic acids is 1. The minimum atomic E-state index is -0.486. The SMILES string of the molecule is C=NC[C@H]1CN(c2ccc(Br)c(F)c2)C(=O)O1. The van der Waals surface area contributed by atoms with Crippen LogP contribution in [0.15, 0.2) is 27.7 Å². The summed E-state index contributed by atoms with van der Waals surface area (Å²) in [4.78, 5) is 16.6. The molecule has 17 heavy (non-hydrogen) atoms. The molecule has 0 saturated carbocycles. The molecule has 0 aliphatic carbocycles. The van der Waals surface area contributed by atoms with Gasteiger partial charge in [-0.3, -0.25) is 9.89 Å². The summed E-state index contributed by atoms with van der Waals surface area (Å²) in [6.07, 6.45) is -0.799. The molecule has 1 aromatic rings. The number of anilines is 1. The summed E-state index contributed by atoms with van der Waals surface area (Å²) < 4.78 is 18.8. The van der Waals surface area contributed by atoms with Crippen LogP contribution in [-0.4, -0.2) is 32.0 Å². The smallest absolute Gasteiger partial charge is 0.414 e. The molecule has 0 N–H and O–H groups in total. The minimum absolute atomic E-state index is 0.313. The molecule has 90 valence electrons. The van der Waals surface area contributed by atoms with Crippen LogP contribution in [0.5, 0.6) is 0 Å². The Bertz CT molecular complexity index is 467. The number of hydrogen-bond donors (Lipinski definition) is 0. The molecule has 1 saturated heterocycles. The number of cyclic esters (lactones) is 1. The van der Waals surface area contributed by atoms with Gasteiger partial charge in [0.2, 0.25) is 0 Å². The molecule has 6 heteroatoms. The number of hydrogen-bond acceptors (Lipinski definition) is 3. The van der Waals surface area contributed by atoms with Gasteiger partial charge in [0, 0.05) is 0 Å². The molecule has 1 aromatic carbocycles. The predicted octanol–water partition coefficient (Wildman–Crippen LogP) is 2.61. The van der Waals surface area contributed by atoms with E-state index in [0.717, 1.165) is 0 Å². The number of ether oxygens (including phenoxy) is 1. The van der Waals surface area contributed by atoms with Gasteiger partial charge in [-0.25, -0.2) is 9.18 Å². The Morgan fingerprint density at radius 1 is 1.65 bits per heavy atom. The van der Waals surface area contributed by atoms with Crippen LogP contribution in [-0.2, 0) is 4.74 Å². The van der Waals surface area contributed by atoms with Gasteiger partial charge < -0.3 is 4.74 Å². The highest BCUT2D eigenvalue weighted by Gasteiger charge is 2.32. The van der Waals surface area contributed by atoms with Crippen LogP contribution in [0.3, 0.4) is 0 Å². The summed E-state index contributed by atoms with van der Waals surface area (Å²) in [6.45, 7) is 4.06. The zero-order chi connectivity index (χ0) is 12.4. The molecule has 1 atom stereocenters. The highest BCUT2D eigenvalue weighted by atomic mass is 79.9. The number of aliphatic imine (C=N–C) groups is 1. The number of nitrogens with zero attached hydrogens (tertiary/aromatic N) is 2. The number of rotatable bonds is 3. The zero-order valence-electron chi connectivity index (χ0n) is 8.90. The van der Waals surface area contributed by atoms with E-state index in [4.69, 9.17) is 4.74 Å². The lowest BCUT2D eigenvalue weighted by atomic mass is 10.2. The fraction of sp³-hybridized carbons (Fsp3) is 0.273. The first-order valence-electron chi connectivity index (χ1n) is 4.97. The molecule has 1 amide bonds. The first-order chi connectivity index (χ1) is 8.11. The Kier molecular flexibility index (Phi) is 3.42. The van der Waals surface area contributed by atoms with E-state index in [2.05, 4.69) is 27.6 Å². The summed E-state index contributed by atoms with van der Waals surface area (Å²) in [6, 6.07) is 4.49. The standard InChI is InChI=1S/C11H10BrFN2O2/c1-14-5-8-6-15(11(16)17-8)7-2-3-9(12)10(13)4-7/h2-4,8H,1,5-6H2/t8-/m0/s1. The molecule has 2 rings (SSSR count). The molecule has 1 aliphatic rings. The van der Waals surface area contributed by atoms with Gasteiger partial charge in [0.15, 0.2) is 0 Å². The Hall–Kier alpha value is -1.43. The Labute approximate surface area is 106 Å². The highest BCUT2D eigenvalue weighted by molar-refractivity contribution is 9.10. The van der Waals surface area contributed by atoms with Crippen molar-refractivity contribution in [2.75, 3.05) is 18.0 Å². The van der Waals surface area contributed by atoms with Crippen molar-refractivity contribution >= 4 is 34.4 Å². The van der Waals surface area contributed by atoms with Crippen LogP contribution in [0.4, 0.5) is 14.9 Å². The molecule has 1 fully saturated rings. The maximum Gasteiger partial charge on any atom is 0.414 e. The lowest BCUT2D eigenvalue weighted by molar-refractivity contribution is 0.145. The maximum absolute atomic E-state index is 13.4. The van der Waals surface area contributed by atoms with Crippen molar-refractivity contribution in [3.8, 4) is 0 Å². The van der Waals surface area contributed by atoms with Crippen LogP contribution < -0.4 is 4.90 Å². The second-order valence-corrected chi connectivity index (χ2v) is 4.48. The quantitative estimate of drug-likeness (QED) is 0.805. The molecular weight excluding hydrogens is 291 g/mol. The van der Waals surface area contributed by atoms with Crippen LogP contribution in [0.2, 0.25) is 0 Å². The largest absolute Gasteiger partial charge is 0.442 e. The van der Waals surface area contributed by atoms with Crippen LogP contribution >= 0.6 is 15.9 Å². The van der Waals surface area contributed by atoms with E-state index in [-0.39, 0.29) is 6.10 Å². The van der Waals surface area contributed by atoms with Crippen molar-refractivity contribution in [1.29, 1.82) is 0 Å². The van der Waals surface area contributed by atoms with Crippen molar-refractivity contribution in [3.05, 3.63) is 28.5 Å². The van der Waals surface area contributed by atoms with Crippen LogP contribution in [0.1, 0.15) is 0 Å². The monoisotopic (exact) mass is 300 g/mol. The van der Waals surface area contributed by atoms with Gasteiger partial charge >= 0.3 is 6.09 Å². The van der Waals surface area contributed by atoms with E-state index < -0.39 is 11.9 Å². The average Bonchev–Trinajstić information content (AvgIpc) is 2.64. The molecule has 0 radical (unpaired) electrons. The van der Waals surface area contributed by atoms with Gasteiger partial charge in [-0.1, -0.05) is 0 Å². The van der Waals surface area contributed by atoms with Crippen LogP contribution in [0.25, 0.3) is 0 Å². The third-order valence-electron chi connectivity index (χ3n) is 2.42. The third-order valence-corrected chi connectivity index (χ3v) is 3.06. The first kappa shape index (κ1) is 12.0. The number of carbonyl (C=O) groups is 1. The molecule has 1 aliphatic heterocycles. The molecule has 0 aromatic heterocycles. The Morgan fingerprint density at radius 3 is 3.06 bits per heavy atom. The van der Waals surface area contributed by atoms with E-state index in [1.165, 1.54) is 11.0 Å². The predicted molar refractivity (Wildman–Crippen MR) is 66.1 cm³/mol. The van der Waals surface area contributed by atoms with Gasteiger partial charge in [0.25, 0.3) is 0 Å². The zero-order valence-corrected chi connectivity index (χ0v) is 10.5. The summed E-state index contributed by atoms with van der Waals surface area (Å²) in [5.41, 5.74) is 0.474. The molecule has 0 spiro atoms. The molecular formula is C11H10BrFN2O2. The maximum atomic E-state index is 13.4. The topological polar surface area (TPSA) is 41.9 Å². The number of benzene rings is 1. The fourth-order valence-electron chi connectivity index (χ4n) is 1.62. The van der Waals surface area contributed by atoms with Crippen molar-refractivity contribution in [2.24, 2.45) is 4.99 Å². The molecule has 4 nitrogen and oxygen atoms in total. The van der Waals surface area contributed by atoms with Gasteiger partial charge in [0.1, 0.15) is 11.9 Å². The van der Waals surface area contributed by atoms with Crippen molar-refractivity contribution in [2.45, 2.75) is 6.10 Å². The van der Waals surface area contributed by atoms with Gasteiger partial charge in [-0.2, -0.15) is 0 Å². The summed E-state index contributed by atoms with van der Waals surface area (Å²) in [5.74, 6) is -0.416. The van der Waals surface area contributed by atoms with Crippen molar-refractivity contribution in [1.82, 2.24) is 0 Å². The van der Waals surface area contributed by atoms with E-state index in [0.29, 0.717) is 23.2 Å². The molecule has 0 bridgehead atoms. The highest BCUT2D eigenvalue weighted by Crippen LogP contribution is 2.25. The lowest BCUT2D eigenvalue weighted by Gasteiger charge is -2.12. The normalized spacial score (nSPS) is 19.3. The van der Waals surface area contributed by atoms with Crippen molar-refractivity contribution < 1.29 is 13.9 Å². The summed E-state index contributed by atoms with van der Waals surface area (Å²) in [7, 11) is 0. The third kappa shape index (κ3) is 2.46. The van der Waals surface area contributed by atoms with Crippen molar-refractivity contribution in [3.63, 3.8) is 0 Å². The fourth-order valence-corrected chi connectivity index (χ4v) is 1.87. The summed E-state index contributed by atoms with van der Waals surface area (Å²) in [5, 5.41) is 0. The van der Waals surface area contributed by atoms with Gasteiger partial charge in [-0.05, 0) is 40.8 Å². The second kappa shape index (κ2) is 4.83. The second-order valence-electron chi connectivity index (χ2n) is 3.62. The number of amides is 1. The van der Waals surface area contributed by atoms with E-state index in [9.17, 15) is 9.18 Å². The minimum Gasteiger partial charge on any atom is -0.442 e. The summed E-state index contributed by atoms with van der Waals surface area (Å²) >= 11 is 3.06. The van der Waals surface area contributed by atoms with Crippen LogP contribution in [0, 0.1) is 5.82 Å². The molecule has 1 heterocycles. The van der Waals surface area contributed by atoms with Gasteiger partial charge in [0.05, 0.1) is 23.2 Å². The Balaban J connectivity index is 2.19. The van der Waals surface area contributed by atoms with E-state index >= 15 is 0 Å². The number of halogens is 2.